The van der Waals surface area contributed by atoms with Crippen molar-refractivity contribution in [3.8, 4) is 0 Å². The van der Waals surface area contributed by atoms with Gasteiger partial charge in [0.05, 0.1) is 6.54 Å². The largest absolute Gasteiger partial charge is 0.336 e. The predicted molar refractivity (Wildman–Crippen MR) is 83.0 cm³/mol. The highest BCUT2D eigenvalue weighted by atomic mass is 35.5. The standard InChI is InChI=1S/C14H19F2N3O2.ClH/c1-17-5-3-4-14(21)19(2)9-13(20)18-12-7-10(15)6-11(16)8-12;/h6-8,17H,3-5,9H2,1-2H3,(H,18,20);1H. The van der Waals surface area contributed by atoms with Crippen molar-refractivity contribution < 1.29 is 18.4 Å². The van der Waals surface area contributed by atoms with Crippen LogP contribution in [0.2, 0.25) is 0 Å². The number of carbonyl (C=O) groups is 2. The Morgan fingerprint density at radius 1 is 1.18 bits per heavy atom. The Hall–Kier alpha value is -1.73. The molecule has 0 bridgehead atoms. The summed E-state index contributed by atoms with van der Waals surface area (Å²) in [5.41, 5.74) is 0.0218. The molecule has 0 saturated carbocycles. The van der Waals surface area contributed by atoms with Gasteiger partial charge in [-0.15, -0.1) is 12.4 Å². The third-order valence-electron chi connectivity index (χ3n) is 2.77. The van der Waals surface area contributed by atoms with Crippen molar-refractivity contribution in [2.75, 3.05) is 32.5 Å². The van der Waals surface area contributed by atoms with Crippen LogP contribution in [0.4, 0.5) is 14.5 Å². The second kappa shape index (κ2) is 10.1. The Morgan fingerprint density at radius 2 is 1.77 bits per heavy atom. The summed E-state index contributed by atoms with van der Waals surface area (Å²) in [5.74, 6) is -2.22. The van der Waals surface area contributed by atoms with E-state index in [1.165, 1.54) is 11.9 Å². The number of benzene rings is 1. The first-order valence-electron chi connectivity index (χ1n) is 6.57. The van der Waals surface area contributed by atoms with Crippen LogP contribution in [-0.2, 0) is 9.59 Å². The normalized spacial score (nSPS) is 9.82. The van der Waals surface area contributed by atoms with Crippen LogP contribution in [-0.4, -0.2) is 43.9 Å². The fourth-order valence-electron chi connectivity index (χ4n) is 1.74. The summed E-state index contributed by atoms with van der Waals surface area (Å²) in [6, 6.07) is 2.73. The van der Waals surface area contributed by atoms with Crippen molar-refractivity contribution in [1.29, 1.82) is 0 Å². The molecule has 0 atom stereocenters. The van der Waals surface area contributed by atoms with E-state index in [-0.39, 0.29) is 30.5 Å². The van der Waals surface area contributed by atoms with Gasteiger partial charge in [0, 0.05) is 25.2 Å². The maximum absolute atomic E-state index is 13.0. The van der Waals surface area contributed by atoms with E-state index in [1.807, 2.05) is 0 Å². The zero-order valence-electron chi connectivity index (χ0n) is 12.5. The summed E-state index contributed by atoms with van der Waals surface area (Å²) in [6.07, 6.45) is 1.01. The lowest BCUT2D eigenvalue weighted by molar-refractivity contribution is -0.133. The van der Waals surface area contributed by atoms with Crippen LogP contribution >= 0.6 is 12.4 Å². The molecule has 5 nitrogen and oxygen atoms in total. The Kier molecular flexibility index (Phi) is 9.28. The highest BCUT2D eigenvalue weighted by Crippen LogP contribution is 2.12. The lowest BCUT2D eigenvalue weighted by Crippen LogP contribution is -2.35. The van der Waals surface area contributed by atoms with Crippen molar-refractivity contribution in [1.82, 2.24) is 10.2 Å². The molecular formula is C14H20ClF2N3O2. The molecule has 1 rings (SSSR count). The van der Waals surface area contributed by atoms with Crippen LogP contribution in [0.3, 0.4) is 0 Å². The maximum Gasteiger partial charge on any atom is 0.243 e. The highest BCUT2D eigenvalue weighted by molar-refractivity contribution is 5.94. The van der Waals surface area contributed by atoms with Crippen LogP contribution in [0, 0.1) is 11.6 Å². The first-order chi connectivity index (χ1) is 9.92. The minimum atomic E-state index is -0.776. The molecule has 0 radical (unpaired) electrons. The van der Waals surface area contributed by atoms with Crippen molar-refractivity contribution in [2.45, 2.75) is 12.8 Å². The molecule has 0 aromatic heterocycles. The molecule has 0 aliphatic carbocycles. The van der Waals surface area contributed by atoms with E-state index in [4.69, 9.17) is 0 Å². The average Bonchev–Trinajstić information content (AvgIpc) is 2.37. The Bertz CT molecular complexity index is 495. The van der Waals surface area contributed by atoms with Crippen molar-refractivity contribution in [3.05, 3.63) is 29.8 Å². The van der Waals surface area contributed by atoms with E-state index >= 15 is 0 Å². The van der Waals surface area contributed by atoms with Gasteiger partial charge >= 0.3 is 0 Å². The van der Waals surface area contributed by atoms with Gasteiger partial charge in [-0.3, -0.25) is 9.59 Å². The molecule has 8 heteroatoms. The lowest BCUT2D eigenvalue weighted by Gasteiger charge is -2.16. The van der Waals surface area contributed by atoms with Crippen LogP contribution in [0.25, 0.3) is 0 Å². The van der Waals surface area contributed by atoms with Crippen LogP contribution in [0.15, 0.2) is 18.2 Å². The van der Waals surface area contributed by atoms with E-state index < -0.39 is 17.5 Å². The van der Waals surface area contributed by atoms with Gasteiger partial charge in [0.2, 0.25) is 11.8 Å². The number of amides is 2. The zero-order valence-corrected chi connectivity index (χ0v) is 13.3. The number of halogens is 3. The van der Waals surface area contributed by atoms with Gasteiger partial charge in [-0.25, -0.2) is 8.78 Å². The number of hydrogen-bond donors (Lipinski definition) is 2. The number of rotatable bonds is 7. The molecule has 0 heterocycles. The predicted octanol–water partition coefficient (Wildman–Crippen LogP) is 1.78. The van der Waals surface area contributed by atoms with Crippen LogP contribution in [0.1, 0.15) is 12.8 Å². The molecule has 0 unspecified atom stereocenters. The SMILES string of the molecule is CNCCCC(=O)N(C)CC(=O)Nc1cc(F)cc(F)c1.Cl. The van der Waals surface area contributed by atoms with Crippen molar-refractivity contribution in [2.24, 2.45) is 0 Å². The molecule has 0 aliphatic rings. The summed E-state index contributed by atoms with van der Waals surface area (Å²) in [4.78, 5) is 24.7. The van der Waals surface area contributed by atoms with Crippen LogP contribution < -0.4 is 10.6 Å². The molecule has 124 valence electrons. The van der Waals surface area contributed by atoms with Gasteiger partial charge < -0.3 is 15.5 Å². The molecule has 0 spiro atoms. The van der Waals surface area contributed by atoms with E-state index in [2.05, 4.69) is 10.6 Å². The Labute approximate surface area is 134 Å². The first-order valence-corrected chi connectivity index (χ1v) is 6.57. The molecule has 1 aromatic carbocycles. The second-order valence-corrected chi connectivity index (χ2v) is 4.66. The molecule has 0 fully saturated rings. The summed E-state index contributed by atoms with van der Waals surface area (Å²) in [7, 11) is 3.30. The van der Waals surface area contributed by atoms with Gasteiger partial charge in [0.1, 0.15) is 11.6 Å². The number of hydrogen-bond acceptors (Lipinski definition) is 3. The molecule has 2 amide bonds. The number of nitrogens with zero attached hydrogens (tertiary/aromatic N) is 1. The summed E-state index contributed by atoms with van der Waals surface area (Å²) in [5, 5.41) is 5.28. The van der Waals surface area contributed by atoms with E-state index in [1.54, 1.807) is 7.05 Å². The number of nitrogens with one attached hydrogen (secondary N) is 2. The molecule has 1 aromatic rings. The van der Waals surface area contributed by atoms with Crippen LogP contribution in [0.5, 0.6) is 0 Å². The maximum atomic E-state index is 13.0. The number of carbonyl (C=O) groups excluding carboxylic acids is 2. The molecule has 0 aliphatic heterocycles. The fraction of sp³-hybridized carbons (Fsp3) is 0.429. The Morgan fingerprint density at radius 3 is 2.32 bits per heavy atom. The van der Waals surface area contributed by atoms with Gasteiger partial charge in [-0.1, -0.05) is 0 Å². The Balaban J connectivity index is 0.00000441. The van der Waals surface area contributed by atoms with Gasteiger partial charge in [-0.2, -0.15) is 0 Å². The molecule has 22 heavy (non-hydrogen) atoms. The first kappa shape index (κ1) is 20.3. The number of anilines is 1. The second-order valence-electron chi connectivity index (χ2n) is 4.66. The van der Waals surface area contributed by atoms with E-state index in [0.717, 1.165) is 12.1 Å². The minimum Gasteiger partial charge on any atom is -0.336 e. The minimum absolute atomic E-state index is 0. The zero-order chi connectivity index (χ0) is 15.8. The summed E-state index contributed by atoms with van der Waals surface area (Å²) in [6.45, 7) is 0.546. The molecule has 0 saturated heterocycles. The fourth-order valence-corrected chi connectivity index (χ4v) is 1.74. The summed E-state index contributed by atoms with van der Waals surface area (Å²) >= 11 is 0. The molecule has 2 N–H and O–H groups in total. The highest BCUT2D eigenvalue weighted by Gasteiger charge is 2.13. The number of likely N-dealkylation sites (N-methyl/N-ethyl adjacent to an activating group) is 1. The lowest BCUT2D eigenvalue weighted by atomic mass is 10.2. The topological polar surface area (TPSA) is 61.4 Å². The van der Waals surface area contributed by atoms with E-state index in [9.17, 15) is 18.4 Å². The third-order valence-corrected chi connectivity index (χ3v) is 2.77. The molecular weight excluding hydrogens is 316 g/mol. The van der Waals surface area contributed by atoms with Gasteiger partial charge in [0.15, 0.2) is 0 Å². The summed E-state index contributed by atoms with van der Waals surface area (Å²) < 4.78 is 26.0. The third kappa shape index (κ3) is 7.33. The quantitative estimate of drug-likeness (QED) is 0.747. The van der Waals surface area contributed by atoms with Crippen molar-refractivity contribution >= 4 is 29.9 Å². The van der Waals surface area contributed by atoms with Gasteiger partial charge in [-0.05, 0) is 32.1 Å². The van der Waals surface area contributed by atoms with Gasteiger partial charge in [0.25, 0.3) is 0 Å². The monoisotopic (exact) mass is 335 g/mol. The van der Waals surface area contributed by atoms with Crippen molar-refractivity contribution in [3.63, 3.8) is 0 Å². The average molecular weight is 336 g/mol. The smallest absolute Gasteiger partial charge is 0.243 e. The van der Waals surface area contributed by atoms with E-state index in [0.29, 0.717) is 25.5 Å².